The molecule has 0 unspecified atom stereocenters. The number of rotatable bonds is 5. The lowest BCUT2D eigenvalue weighted by Crippen LogP contribution is -2.33. The molecule has 1 heterocycles. The van der Waals surface area contributed by atoms with E-state index in [1.807, 2.05) is 12.3 Å². The third-order valence-corrected chi connectivity index (χ3v) is 3.63. The van der Waals surface area contributed by atoms with Crippen LogP contribution in [0.15, 0.2) is 18.3 Å². The van der Waals surface area contributed by atoms with Crippen LogP contribution >= 0.6 is 0 Å². The van der Waals surface area contributed by atoms with Crippen LogP contribution in [0.4, 0.5) is 5.82 Å². The van der Waals surface area contributed by atoms with E-state index < -0.39 is 0 Å². The Bertz CT molecular complexity index is 328. The van der Waals surface area contributed by atoms with Gasteiger partial charge < -0.3 is 10.2 Å². The minimum absolute atomic E-state index is 0.808. The van der Waals surface area contributed by atoms with Crippen LogP contribution < -0.4 is 5.32 Å². The van der Waals surface area contributed by atoms with Crippen molar-refractivity contribution in [2.75, 3.05) is 25.5 Å². The average Bonchev–Trinajstić information content (AvgIpc) is 2.85. The van der Waals surface area contributed by atoms with Crippen molar-refractivity contribution < 1.29 is 0 Å². The van der Waals surface area contributed by atoms with Crippen molar-refractivity contribution in [3.8, 4) is 0 Å². The van der Waals surface area contributed by atoms with Crippen molar-refractivity contribution >= 4 is 5.82 Å². The van der Waals surface area contributed by atoms with Crippen LogP contribution in [0.3, 0.4) is 0 Å². The van der Waals surface area contributed by atoms with Gasteiger partial charge in [-0.1, -0.05) is 18.9 Å². The lowest BCUT2D eigenvalue weighted by molar-refractivity contribution is 0.254. The summed E-state index contributed by atoms with van der Waals surface area (Å²) in [5.74, 6) is 0.982. The van der Waals surface area contributed by atoms with Crippen molar-refractivity contribution in [3.05, 3.63) is 23.9 Å². The monoisotopic (exact) mass is 233 g/mol. The second kappa shape index (κ2) is 6.01. The fourth-order valence-corrected chi connectivity index (χ4v) is 2.46. The highest BCUT2D eigenvalue weighted by Crippen LogP contribution is 2.21. The zero-order valence-corrected chi connectivity index (χ0v) is 10.9. The Morgan fingerprint density at radius 3 is 2.76 bits per heavy atom. The third-order valence-electron chi connectivity index (χ3n) is 3.63. The Labute approximate surface area is 104 Å². The molecule has 94 valence electrons. The largest absolute Gasteiger partial charge is 0.369 e. The van der Waals surface area contributed by atoms with Crippen molar-refractivity contribution in [3.63, 3.8) is 0 Å². The normalized spacial score (nSPS) is 16.6. The second-order valence-corrected chi connectivity index (χ2v) is 5.07. The smallest absolute Gasteiger partial charge is 0.125 e. The molecule has 2 rings (SSSR count). The molecule has 0 bridgehead atoms. The zero-order chi connectivity index (χ0) is 12.1. The van der Waals surface area contributed by atoms with Crippen molar-refractivity contribution in [2.45, 2.75) is 38.6 Å². The van der Waals surface area contributed by atoms with Gasteiger partial charge in [-0.15, -0.1) is 0 Å². The van der Waals surface area contributed by atoms with E-state index in [4.69, 9.17) is 0 Å². The van der Waals surface area contributed by atoms with Crippen molar-refractivity contribution in [2.24, 2.45) is 0 Å². The molecule has 0 aliphatic heterocycles. The molecule has 0 saturated heterocycles. The van der Waals surface area contributed by atoms with Crippen LogP contribution in [0.2, 0.25) is 0 Å². The third kappa shape index (κ3) is 3.70. The fourth-order valence-electron chi connectivity index (χ4n) is 2.46. The molecule has 17 heavy (non-hydrogen) atoms. The first-order valence-corrected chi connectivity index (χ1v) is 6.62. The number of anilines is 1. The first-order valence-electron chi connectivity index (χ1n) is 6.62. The van der Waals surface area contributed by atoms with Crippen LogP contribution in [-0.4, -0.2) is 36.1 Å². The standard InChI is InChI=1S/C14H23N3/c1-12-7-8-14(16-11-12)15-9-10-17(2)13-5-3-4-6-13/h7-8,11,13H,3-6,9-10H2,1-2H3,(H,15,16). The van der Waals surface area contributed by atoms with E-state index in [9.17, 15) is 0 Å². The maximum atomic E-state index is 4.34. The Kier molecular flexibility index (Phi) is 4.37. The topological polar surface area (TPSA) is 28.2 Å². The molecule has 0 aromatic carbocycles. The predicted molar refractivity (Wildman–Crippen MR) is 72.3 cm³/mol. The molecule has 3 heteroatoms. The number of hydrogen-bond donors (Lipinski definition) is 1. The van der Waals surface area contributed by atoms with Crippen molar-refractivity contribution in [1.29, 1.82) is 0 Å². The molecule has 1 aromatic rings. The molecule has 1 fully saturated rings. The summed E-state index contributed by atoms with van der Waals surface area (Å²) in [6, 6.07) is 4.95. The van der Waals surface area contributed by atoms with Crippen LogP contribution in [0.1, 0.15) is 31.2 Å². The Hall–Kier alpha value is -1.09. The van der Waals surface area contributed by atoms with Gasteiger partial charge in [0.2, 0.25) is 0 Å². The molecule has 0 amide bonds. The summed E-state index contributed by atoms with van der Waals surface area (Å²) < 4.78 is 0. The first kappa shape index (κ1) is 12.4. The Balaban J connectivity index is 1.70. The highest BCUT2D eigenvalue weighted by atomic mass is 15.1. The van der Waals surface area contributed by atoms with Crippen LogP contribution in [0.25, 0.3) is 0 Å². The number of nitrogens with one attached hydrogen (secondary N) is 1. The van der Waals surface area contributed by atoms with Crippen LogP contribution in [0, 0.1) is 6.92 Å². The Morgan fingerprint density at radius 1 is 1.35 bits per heavy atom. The lowest BCUT2D eigenvalue weighted by Gasteiger charge is -2.24. The highest BCUT2D eigenvalue weighted by molar-refractivity contribution is 5.34. The van der Waals surface area contributed by atoms with E-state index in [0.29, 0.717) is 0 Å². The van der Waals surface area contributed by atoms with Gasteiger partial charge in [-0.3, -0.25) is 0 Å². The maximum Gasteiger partial charge on any atom is 0.125 e. The van der Waals surface area contributed by atoms with E-state index in [2.05, 4.69) is 35.2 Å². The summed E-state index contributed by atoms with van der Waals surface area (Å²) in [7, 11) is 2.24. The number of aryl methyl sites for hydroxylation is 1. The Morgan fingerprint density at radius 2 is 2.12 bits per heavy atom. The lowest BCUT2D eigenvalue weighted by atomic mass is 10.2. The summed E-state index contributed by atoms with van der Waals surface area (Å²) in [5.41, 5.74) is 1.21. The second-order valence-electron chi connectivity index (χ2n) is 5.07. The summed E-state index contributed by atoms with van der Waals surface area (Å²) in [6.07, 6.45) is 7.46. The summed E-state index contributed by atoms with van der Waals surface area (Å²) >= 11 is 0. The minimum Gasteiger partial charge on any atom is -0.369 e. The van der Waals surface area contributed by atoms with Gasteiger partial charge in [0, 0.05) is 25.3 Å². The summed E-state index contributed by atoms with van der Waals surface area (Å²) in [4.78, 5) is 6.82. The average molecular weight is 233 g/mol. The van der Waals surface area contributed by atoms with E-state index in [-0.39, 0.29) is 0 Å². The quantitative estimate of drug-likeness (QED) is 0.847. The zero-order valence-electron chi connectivity index (χ0n) is 10.9. The minimum atomic E-state index is 0.808. The number of likely N-dealkylation sites (N-methyl/N-ethyl adjacent to an activating group) is 1. The molecule has 0 atom stereocenters. The van der Waals surface area contributed by atoms with Gasteiger partial charge in [0.15, 0.2) is 0 Å². The van der Waals surface area contributed by atoms with Crippen molar-refractivity contribution in [1.82, 2.24) is 9.88 Å². The predicted octanol–water partition coefficient (Wildman–Crippen LogP) is 2.68. The van der Waals surface area contributed by atoms with Gasteiger partial charge in [0.1, 0.15) is 5.82 Å². The van der Waals surface area contributed by atoms with Gasteiger partial charge in [-0.25, -0.2) is 4.98 Å². The van der Waals surface area contributed by atoms with E-state index in [0.717, 1.165) is 24.9 Å². The maximum absolute atomic E-state index is 4.34. The summed E-state index contributed by atoms with van der Waals surface area (Å²) in [5, 5.41) is 3.37. The molecule has 1 aromatic heterocycles. The number of nitrogens with zero attached hydrogens (tertiary/aromatic N) is 2. The van der Waals surface area contributed by atoms with Gasteiger partial charge in [0.05, 0.1) is 0 Å². The number of hydrogen-bond acceptors (Lipinski definition) is 3. The molecule has 0 radical (unpaired) electrons. The molecule has 1 aliphatic carbocycles. The van der Waals surface area contributed by atoms with Crippen LogP contribution in [-0.2, 0) is 0 Å². The molecule has 1 N–H and O–H groups in total. The van der Waals surface area contributed by atoms with Gasteiger partial charge >= 0.3 is 0 Å². The van der Waals surface area contributed by atoms with E-state index in [1.54, 1.807) is 0 Å². The molecular formula is C14H23N3. The van der Waals surface area contributed by atoms with Gasteiger partial charge in [-0.05, 0) is 38.4 Å². The number of pyridine rings is 1. The highest BCUT2D eigenvalue weighted by Gasteiger charge is 2.18. The van der Waals surface area contributed by atoms with E-state index in [1.165, 1.54) is 31.2 Å². The van der Waals surface area contributed by atoms with E-state index >= 15 is 0 Å². The molecule has 3 nitrogen and oxygen atoms in total. The molecule has 0 spiro atoms. The molecular weight excluding hydrogens is 210 g/mol. The fraction of sp³-hybridized carbons (Fsp3) is 0.643. The SMILES string of the molecule is Cc1ccc(NCCN(C)C2CCCC2)nc1. The van der Waals surface area contributed by atoms with Crippen LogP contribution in [0.5, 0.6) is 0 Å². The molecule has 1 aliphatic rings. The number of aromatic nitrogens is 1. The first-order chi connectivity index (χ1) is 8.25. The summed E-state index contributed by atoms with van der Waals surface area (Å²) in [6.45, 7) is 4.13. The van der Waals surface area contributed by atoms with Gasteiger partial charge in [0.25, 0.3) is 0 Å². The van der Waals surface area contributed by atoms with Gasteiger partial charge in [-0.2, -0.15) is 0 Å². The molecule has 1 saturated carbocycles.